The number of alkyl halides is 2. The first-order chi connectivity index (χ1) is 9.17. The fourth-order valence-electron chi connectivity index (χ4n) is 3.22. The lowest BCUT2D eigenvalue weighted by Gasteiger charge is -2.31. The normalized spacial score (nSPS) is 25.7. The van der Waals surface area contributed by atoms with Crippen molar-refractivity contribution in [2.24, 2.45) is 5.92 Å². The van der Waals surface area contributed by atoms with Crippen LogP contribution in [0.4, 0.5) is 0 Å². The van der Waals surface area contributed by atoms with Crippen molar-refractivity contribution >= 4 is 31.9 Å². The lowest BCUT2D eigenvalue weighted by Crippen LogP contribution is -2.24. The van der Waals surface area contributed by atoms with Gasteiger partial charge in [-0.15, -0.1) is 0 Å². The summed E-state index contributed by atoms with van der Waals surface area (Å²) in [6, 6.07) is 0. The second-order valence-corrected chi connectivity index (χ2v) is 10.2. The molecule has 0 aromatic carbocycles. The summed E-state index contributed by atoms with van der Waals surface area (Å²) in [5.41, 5.74) is 0. The first-order valence-electron chi connectivity index (χ1n) is 8.54. The lowest BCUT2D eigenvalue weighted by molar-refractivity contribution is 0.373. The van der Waals surface area contributed by atoms with E-state index in [1.165, 1.54) is 89.9 Å². The van der Waals surface area contributed by atoms with Crippen LogP contribution in [0.2, 0.25) is 0 Å². The molecule has 1 fully saturated rings. The zero-order chi connectivity index (χ0) is 14.0. The molecule has 1 saturated carbocycles. The summed E-state index contributed by atoms with van der Waals surface area (Å²) in [6.45, 7) is 2.30. The molecule has 1 aliphatic carbocycles. The molecule has 19 heavy (non-hydrogen) atoms. The Balaban J connectivity index is 2.43. The topological polar surface area (TPSA) is 0 Å². The van der Waals surface area contributed by atoms with Crippen molar-refractivity contribution in [1.29, 1.82) is 0 Å². The zero-order valence-electron chi connectivity index (χ0n) is 12.7. The molecule has 0 aromatic heterocycles. The Bertz CT molecular complexity index is 213. The summed E-state index contributed by atoms with van der Waals surface area (Å²) < 4.78 is 0.219. The minimum atomic E-state index is 0.219. The quantitative estimate of drug-likeness (QED) is 0.332. The number of hydrogen-bond donors (Lipinski definition) is 0. The Labute approximate surface area is 137 Å². The monoisotopic (exact) mass is 394 g/mol. The average molecular weight is 396 g/mol. The molecular weight excluding hydrogens is 364 g/mol. The molecule has 1 rings (SSSR count). The maximum absolute atomic E-state index is 4.02. The molecule has 1 atom stereocenters. The van der Waals surface area contributed by atoms with E-state index in [0.29, 0.717) is 0 Å². The molecule has 0 bridgehead atoms. The van der Waals surface area contributed by atoms with Gasteiger partial charge in [0, 0.05) is 0 Å². The van der Waals surface area contributed by atoms with Crippen molar-refractivity contribution in [2.75, 3.05) is 0 Å². The Morgan fingerprint density at radius 3 is 2.16 bits per heavy atom. The van der Waals surface area contributed by atoms with Crippen LogP contribution in [0, 0.1) is 5.92 Å². The predicted molar refractivity (Wildman–Crippen MR) is 94.4 cm³/mol. The third-order valence-electron chi connectivity index (χ3n) is 4.57. The molecule has 0 N–H and O–H groups in total. The standard InChI is InChI=1S/C17H32Br2/c1-2-3-4-10-13-16-14-11-8-6-5-7-9-12-15-17(16,18)19/h16H,2-15H2,1H3. The van der Waals surface area contributed by atoms with Crippen LogP contribution in [0.3, 0.4) is 0 Å². The highest BCUT2D eigenvalue weighted by Crippen LogP contribution is 2.45. The fraction of sp³-hybridized carbons (Fsp3) is 1.00. The van der Waals surface area contributed by atoms with Crippen molar-refractivity contribution in [2.45, 2.75) is 100 Å². The van der Waals surface area contributed by atoms with Gasteiger partial charge in [0.05, 0.1) is 3.23 Å². The summed E-state index contributed by atoms with van der Waals surface area (Å²) >= 11 is 8.03. The molecule has 0 saturated heterocycles. The minimum Gasteiger partial charge on any atom is -0.0724 e. The highest BCUT2D eigenvalue weighted by Gasteiger charge is 2.32. The van der Waals surface area contributed by atoms with E-state index in [9.17, 15) is 0 Å². The van der Waals surface area contributed by atoms with E-state index < -0.39 is 0 Å². The molecule has 114 valence electrons. The molecule has 0 nitrogen and oxygen atoms in total. The van der Waals surface area contributed by atoms with Gasteiger partial charge in [0.25, 0.3) is 0 Å². The zero-order valence-corrected chi connectivity index (χ0v) is 15.9. The van der Waals surface area contributed by atoms with Crippen LogP contribution in [0.5, 0.6) is 0 Å². The number of rotatable bonds is 5. The van der Waals surface area contributed by atoms with Crippen molar-refractivity contribution < 1.29 is 0 Å². The molecule has 0 spiro atoms. The highest BCUT2D eigenvalue weighted by molar-refractivity contribution is 9.25. The summed E-state index contributed by atoms with van der Waals surface area (Å²) in [6.07, 6.45) is 19.7. The predicted octanol–water partition coefficient (Wildman–Crippen LogP) is 7.58. The third kappa shape index (κ3) is 8.09. The van der Waals surface area contributed by atoms with Gasteiger partial charge in [0.15, 0.2) is 0 Å². The molecule has 0 aromatic rings. The van der Waals surface area contributed by atoms with Gasteiger partial charge in [0.2, 0.25) is 0 Å². The van der Waals surface area contributed by atoms with Gasteiger partial charge in [-0.25, -0.2) is 0 Å². The summed E-state index contributed by atoms with van der Waals surface area (Å²) in [7, 11) is 0. The van der Waals surface area contributed by atoms with E-state index in [1.807, 2.05) is 0 Å². The lowest BCUT2D eigenvalue weighted by atomic mass is 9.90. The molecule has 0 aliphatic heterocycles. The Morgan fingerprint density at radius 1 is 0.842 bits per heavy atom. The number of halogens is 2. The SMILES string of the molecule is CCCCCCC1CCCCCCCCCC1(Br)Br. The van der Waals surface area contributed by atoms with Gasteiger partial charge in [-0.2, -0.15) is 0 Å². The molecule has 1 unspecified atom stereocenters. The minimum absolute atomic E-state index is 0.219. The molecular formula is C17H32Br2. The van der Waals surface area contributed by atoms with Gasteiger partial charge in [-0.05, 0) is 25.2 Å². The van der Waals surface area contributed by atoms with E-state index >= 15 is 0 Å². The van der Waals surface area contributed by atoms with Crippen LogP contribution in [0.1, 0.15) is 96.8 Å². The van der Waals surface area contributed by atoms with Crippen LogP contribution in [0.25, 0.3) is 0 Å². The molecule has 1 aliphatic rings. The van der Waals surface area contributed by atoms with Crippen molar-refractivity contribution in [1.82, 2.24) is 0 Å². The second kappa shape index (κ2) is 10.7. The molecule has 0 radical (unpaired) electrons. The molecule has 0 heterocycles. The Hall–Kier alpha value is 0.960. The highest BCUT2D eigenvalue weighted by atomic mass is 79.9. The van der Waals surface area contributed by atoms with Crippen molar-refractivity contribution in [3.8, 4) is 0 Å². The first kappa shape index (κ1) is 18.0. The first-order valence-corrected chi connectivity index (χ1v) is 10.1. The second-order valence-electron chi connectivity index (χ2n) is 6.32. The van der Waals surface area contributed by atoms with E-state index in [-0.39, 0.29) is 3.23 Å². The van der Waals surface area contributed by atoms with E-state index in [2.05, 4.69) is 38.8 Å². The molecule has 0 amide bonds. The maximum Gasteiger partial charge on any atom is 0.0833 e. The van der Waals surface area contributed by atoms with Gasteiger partial charge in [0.1, 0.15) is 0 Å². The van der Waals surface area contributed by atoms with Gasteiger partial charge >= 0.3 is 0 Å². The summed E-state index contributed by atoms with van der Waals surface area (Å²) in [5.74, 6) is 0.822. The van der Waals surface area contributed by atoms with Crippen LogP contribution < -0.4 is 0 Å². The Morgan fingerprint density at radius 2 is 1.47 bits per heavy atom. The van der Waals surface area contributed by atoms with Crippen molar-refractivity contribution in [3.05, 3.63) is 0 Å². The van der Waals surface area contributed by atoms with Crippen LogP contribution in [-0.2, 0) is 0 Å². The molecule has 2 heteroatoms. The maximum atomic E-state index is 4.02. The van der Waals surface area contributed by atoms with Crippen LogP contribution in [0.15, 0.2) is 0 Å². The van der Waals surface area contributed by atoms with E-state index in [4.69, 9.17) is 0 Å². The van der Waals surface area contributed by atoms with Crippen LogP contribution >= 0.6 is 31.9 Å². The third-order valence-corrected chi connectivity index (χ3v) is 6.65. The van der Waals surface area contributed by atoms with E-state index in [1.54, 1.807) is 0 Å². The van der Waals surface area contributed by atoms with E-state index in [0.717, 1.165) is 5.92 Å². The van der Waals surface area contributed by atoms with Gasteiger partial charge in [-0.1, -0.05) is 109 Å². The fourth-order valence-corrected chi connectivity index (χ4v) is 4.70. The number of hydrogen-bond acceptors (Lipinski definition) is 0. The average Bonchev–Trinajstić information content (AvgIpc) is 2.41. The number of unbranched alkanes of at least 4 members (excludes halogenated alkanes) is 3. The Kier molecular flexibility index (Phi) is 10.1. The smallest absolute Gasteiger partial charge is 0.0724 e. The van der Waals surface area contributed by atoms with Crippen molar-refractivity contribution in [3.63, 3.8) is 0 Å². The van der Waals surface area contributed by atoms with Gasteiger partial charge < -0.3 is 0 Å². The summed E-state index contributed by atoms with van der Waals surface area (Å²) in [5, 5.41) is 0. The van der Waals surface area contributed by atoms with Crippen LogP contribution in [-0.4, -0.2) is 3.23 Å². The largest absolute Gasteiger partial charge is 0.0833 e. The summed E-state index contributed by atoms with van der Waals surface area (Å²) in [4.78, 5) is 0. The van der Waals surface area contributed by atoms with Gasteiger partial charge in [-0.3, -0.25) is 0 Å².